The number of rotatable bonds is 3. The number of hydrogen-bond acceptors (Lipinski definition) is 6. The van der Waals surface area contributed by atoms with Crippen LogP contribution in [0.5, 0.6) is 0 Å². The van der Waals surface area contributed by atoms with Crippen molar-refractivity contribution in [2.75, 3.05) is 7.11 Å². The number of fused-ring (bicyclic) bond motifs is 1. The summed E-state index contributed by atoms with van der Waals surface area (Å²) in [7, 11) is 1.32. The second-order valence-electron chi connectivity index (χ2n) is 3.85. The number of aromatic nitrogens is 6. The third-order valence-electron chi connectivity index (χ3n) is 2.72. The second kappa shape index (κ2) is 4.48. The molecule has 19 heavy (non-hydrogen) atoms. The van der Waals surface area contributed by atoms with E-state index in [0.29, 0.717) is 11.5 Å². The summed E-state index contributed by atoms with van der Waals surface area (Å²) in [5.41, 5.74) is 1.48. The minimum Gasteiger partial charge on any atom is -0.468 e. The van der Waals surface area contributed by atoms with E-state index in [1.807, 2.05) is 24.3 Å². The standard InChI is InChI=1S/C11H10N6O2/c1-19-9(18)6-17-11(14-15-16-17)10-7-4-2-3-5-8(7)12-13-10/h2-5H,6H2,1H3,(H,12,13). The number of carbonyl (C=O) groups is 1. The highest BCUT2D eigenvalue weighted by atomic mass is 16.5. The highest BCUT2D eigenvalue weighted by Gasteiger charge is 2.17. The number of benzene rings is 1. The van der Waals surface area contributed by atoms with Crippen LogP contribution in [0, 0.1) is 0 Å². The molecule has 0 radical (unpaired) electrons. The molecule has 0 aliphatic heterocycles. The van der Waals surface area contributed by atoms with Crippen LogP contribution in [0.1, 0.15) is 0 Å². The fourth-order valence-corrected chi connectivity index (χ4v) is 1.80. The van der Waals surface area contributed by atoms with Gasteiger partial charge in [0.1, 0.15) is 12.2 Å². The minimum absolute atomic E-state index is 0.0555. The SMILES string of the molecule is COC(=O)Cn1nnnc1-c1n[nH]c2ccccc12. The summed E-state index contributed by atoms with van der Waals surface area (Å²) < 4.78 is 5.96. The van der Waals surface area contributed by atoms with E-state index in [-0.39, 0.29) is 6.54 Å². The first-order chi connectivity index (χ1) is 9.29. The van der Waals surface area contributed by atoms with E-state index in [9.17, 15) is 4.79 Å². The molecule has 0 unspecified atom stereocenters. The quantitative estimate of drug-likeness (QED) is 0.682. The van der Waals surface area contributed by atoms with Crippen molar-refractivity contribution >= 4 is 16.9 Å². The predicted molar refractivity (Wildman–Crippen MR) is 64.9 cm³/mol. The Morgan fingerprint density at radius 1 is 1.42 bits per heavy atom. The molecule has 1 N–H and O–H groups in total. The molecule has 96 valence electrons. The van der Waals surface area contributed by atoms with E-state index in [1.54, 1.807) is 0 Å². The molecule has 0 amide bonds. The Kier molecular flexibility index (Phi) is 2.67. The number of para-hydroxylation sites is 1. The summed E-state index contributed by atoms with van der Waals surface area (Å²) in [6.07, 6.45) is 0. The van der Waals surface area contributed by atoms with E-state index in [2.05, 4.69) is 30.5 Å². The maximum Gasteiger partial charge on any atom is 0.327 e. The Labute approximate surface area is 107 Å². The van der Waals surface area contributed by atoms with Gasteiger partial charge in [0.15, 0.2) is 0 Å². The van der Waals surface area contributed by atoms with E-state index >= 15 is 0 Å². The Balaban J connectivity index is 2.07. The number of nitrogens with one attached hydrogen (secondary N) is 1. The summed E-state index contributed by atoms with van der Waals surface area (Å²) in [6.45, 7) is -0.0555. The molecule has 0 saturated carbocycles. The molecule has 0 fully saturated rings. The monoisotopic (exact) mass is 258 g/mol. The highest BCUT2D eigenvalue weighted by Crippen LogP contribution is 2.23. The lowest BCUT2D eigenvalue weighted by Crippen LogP contribution is -2.14. The molecule has 0 aliphatic rings. The van der Waals surface area contributed by atoms with Gasteiger partial charge >= 0.3 is 5.97 Å². The van der Waals surface area contributed by atoms with Crippen LogP contribution in [-0.2, 0) is 16.1 Å². The van der Waals surface area contributed by atoms with Crippen LogP contribution in [0.3, 0.4) is 0 Å². The molecule has 2 aromatic heterocycles. The van der Waals surface area contributed by atoms with E-state index < -0.39 is 5.97 Å². The molecule has 2 heterocycles. The van der Waals surface area contributed by atoms with Crippen molar-refractivity contribution in [1.82, 2.24) is 30.4 Å². The molecule has 8 nitrogen and oxygen atoms in total. The minimum atomic E-state index is -0.423. The Hall–Kier alpha value is -2.77. The van der Waals surface area contributed by atoms with Crippen LogP contribution in [-0.4, -0.2) is 43.5 Å². The lowest BCUT2D eigenvalue weighted by Gasteiger charge is -2.01. The molecule has 0 atom stereocenters. The maximum atomic E-state index is 11.3. The largest absolute Gasteiger partial charge is 0.468 e. The van der Waals surface area contributed by atoms with Crippen LogP contribution >= 0.6 is 0 Å². The number of methoxy groups -OCH3 is 1. The zero-order chi connectivity index (χ0) is 13.2. The fourth-order valence-electron chi connectivity index (χ4n) is 1.80. The first-order valence-corrected chi connectivity index (χ1v) is 5.56. The zero-order valence-corrected chi connectivity index (χ0v) is 10.1. The first kappa shape index (κ1) is 11.3. The summed E-state index contributed by atoms with van der Waals surface area (Å²) in [6, 6.07) is 7.61. The van der Waals surface area contributed by atoms with Crippen LogP contribution < -0.4 is 0 Å². The summed E-state index contributed by atoms with van der Waals surface area (Å²) in [5.74, 6) is -0.00348. The molecule has 0 bridgehead atoms. The summed E-state index contributed by atoms with van der Waals surface area (Å²) in [4.78, 5) is 11.3. The molecule has 1 aromatic carbocycles. The summed E-state index contributed by atoms with van der Waals surface area (Å²) >= 11 is 0. The number of carbonyl (C=O) groups excluding carboxylic acids is 1. The number of esters is 1. The third-order valence-corrected chi connectivity index (χ3v) is 2.72. The lowest BCUT2D eigenvalue weighted by atomic mass is 10.2. The van der Waals surface area contributed by atoms with Gasteiger partial charge in [-0.2, -0.15) is 5.10 Å². The first-order valence-electron chi connectivity index (χ1n) is 5.56. The van der Waals surface area contributed by atoms with Crippen molar-refractivity contribution in [1.29, 1.82) is 0 Å². The van der Waals surface area contributed by atoms with E-state index in [0.717, 1.165) is 10.9 Å². The van der Waals surface area contributed by atoms with E-state index in [1.165, 1.54) is 11.8 Å². The average molecular weight is 258 g/mol. The molecule has 0 aliphatic carbocycles. The predicted octanol–water partition coefficient (Wildman–Crippen LogP) is 0.389. The van der Waals surface area contributed by atoms with Gasteiger partial charge in [0.2, 0.25) is 5.82 Å². The van der Waals surface area contributed by atoms with Crippen molar-refractivity contribution in [2.45, 2.75) is 6.54 Å². The van der Waals surface area contributed by atoms with Crippen molar-refractivity contribution in [3.8, 4) is 11.5 Å². The second-order valence-corrected chi connectivity index (χ2v) is 3.85. The molecule has 0 spiro atoms. The van der Waals surface area contributed by atoms with Gasteiger partial charge < -0.3 is 4.74 Å². The number of tetrazole rings is 1. The van der Waals surface area contributed by atoms with Gasteiger partial charge in [-0.05, 0) is 16.5 Å². The van der Waals surface area contributed by atoms with E-state index in [4.69, 9.17) is 0 Å². The normalized spacial score (nSPS) is 10.8. The van der Waals surface area contributed by atoms with Crippen LogP contribution in [0.4, 0.5) is 0 Å². The smallest absolute Gasteiger partial charge is 0.327 e. The average Bonchev–Trinajstić information content (AvgIpc) is 3.04. The lowest BCUT2D eigenvalue weighted by molar-refractivity contribution is -0.141. The van der Waals surface area contributed by atoms with Gasteiger partial charge in [-0.3, -0.25) is 9.89 Å². The number of ether oxygens (including phenoxy) is 1. The fraction of sp³-hybridized carbons (Fsp3) is 0.182. The molecular formula is C11H10N6O2. The van der Waals surface area contributed by atoms with Crippen LogP contribution in [0.25, 0.3) is 22.4 Å². The highest BCUT2D eigenvalue weighted by molar-refractivity contribution is 5.91. The number of hydrogen-bond donors (Lipinski definition) is 1. The Morgan fingerprint density at radius 3 is 3.11 bits per heavy atom. The Bertz CT molecular complexity index is 731. The maximum absolute atomic E-state index is 11.3. The zero-order valence-electron chi connectivity index (χ0n) is 10.1. The third kappa shape index (κ3) is 1.92. The van der Waals surface area contributed by atoms with Crippen LogP contribution in [0.15, 0.2) is 24.3 Å². The van der Waals surface area contributed by atoms with Crippen molar-refractivity contribution < 1.29 is 9.53 Å². The van der Waals surface area contributed by atoms with Crippen molar-refractivity contribution in [3.63, 3.8) is 0 Å². The van der Waals surface area contributed by atoms with Crippen molar-refractivity contribution in [2.24, 2.45) is 0 Å². The molecular weight excluding hydrogens is 248 g/mol. The molecule has 0 saturated heterocycles. The van der Waals surface area contributed by atoms with Crippen LogP contribution in [0.2, 0.25) is 0 Å². The molecule has 3 rings (SSSR count). The molecule has 3 aromatic rings. The van der Waals surface area contributed by atoms with Gasteiger partial charge in [-0.25, -0.2) is 4.68 Å². The van der Waals surface area contributed by atoms with Gasteiger partial charge in [-0.1, -0.05) is 18.2 Å². The number of aromatic amines is 1. The topological polar surface area (TPSA) is 98.6 Å². The van der Waals surface area contributed by atoms with Crippen molar-refractivity contribution in [3.05, 3.63) is 24.3 Å². The van der Waals surface area contributed by atoms with Gasteiger partial charge in [0.05, 0.1) is 12.6 Å². The molecule has 8 heteroatoms. The summed E-state index contributed by atoms with van der Waals surface area (Å²) in [5, 5.41) is 19.2. The van der Waals surface area contributed by atoms with Gasteiger partial charge in [-0.15, -0.1) is 5.10 Å². The number of H-pyrrole nitrogens is 1. The van der Waals surface area contributed by atoms with Gasteiger partial charge in [0.25, 0.3) is 0 Å². The Morgan fingerprint density at radius 2 is 2.26 bits per heavy atom. The number of nitrogens with zero attached hydrogens (tertiary/aromatic N) is 5. The van der Waals surface area contributed by atoms with Gasteiger partial charge in [0, 0.05) is 5.39 Å².